The Morgan fingerprint density at radius 1 is 0.906 bits per heavy atom. The molecule has 32 heavy (non-hydrogen) atoms. The van der Waals surface area contributed by atoms with Gasteiger partial charge in [0.2, 0.25) is 15.2 Å². The van der Waals surface area contributed by atoms with Crippen LogP contribution in [0.3, 0.4) is 0 Å². The van der Waals surface area contributed by atoms with Gasteiger partial charge in [0.25, 0.3) is 0 Å². The fourth-order valence-electron chi connectivity index (χ4n) is 3.93. The van der Waals surface area contributed by atoms with Crippen molar-refractivity contribution in [3.63, 3.8) is 0 Å². The van der Waals surface area contributed by atoms with Crippen LogP contribution in [0.25, 0.3) is 10.8 Å². The number of anilines is 1. The third kappa shape index (κ3) is 4.26. The van der Waals surface area contributed by atoms with Crippen LogP contribution in [0.5, 0.6) is 0 Å². The highest BCUT2D eigenvalue weighted by molar-refractivity contribution is 7.89. The molecule has 0 N–H and O–H groups in total. The molecule has 2 heterocycles. The zero-order valence-corrected chi connectivity index (χ0v) is 19.4. The predicted octanol–water partition coefficient (Wildman–Crippen LogP) is 4.10. The molecule has 0 aliphatic carbocycles. The lowest BCUT2D eigenvalue weighted by atomic mass is 10.1. The Hall–Kier alpha value is -2.81. The quantitative estimate of drug-likeness (QED) is 0.445. The molecular formula is C24H24N4O2S2. The summed E-state index contributed by atoms with van der Waals surface area (Å²) in [4.78, 5) is 7.17. The van der Waals surface area contributed by atoms with Crippen LogP contribution in [0.2, 0.25) is 0 Å². The van der Waals surface area contributed by atoms with Gasteiger partial charge < -0.3 is 4.90 Å². The molecule has 5 rings (SSSR count). The van der Waals surface area contributed by atoms with Gasteiger partial charge in [-0.2, -0.15) is 8.68 Å². The molecular weight excluding hydrogens is 440 g/mol. The summed E-state index contributed by atoms with van der Waals surface area (Å²) in [6, 6.07) is 21.5. The Labute approximate surface area is 192 Å². The highest BCUT2D eigenvalue weighted by atomic mass is 32.2. The van der Waals surface area contributed by atoms with Crippen LogP contribution in [0.1, 0.15) is 17.0 Å². The van der Waals surface area contributed by atoms with Gasteiger partial charge in [0, 0.05) is 44.1 Å². The van der Waals surface area contributed by atoms with E-state index in [4.69, 9.17) is 4.98 Å². The molecule has 1 aliphatic rings. The molecule has 6 nitrogen and oxygen atoms in total. The summed E-state index contributed by atoms with van der Waals surface area (Å²) in [5.41, 5.74) is 2.42. The fourth-order valence-corrected chi connectivity index (χ4v) is 6.12. The first-order chi connectivity index (χ1) is 15.5. The van der Waals surface area contributed by atoms with Crippen LogP contribution in [-0.4, -0.2) is 48.3 Å². The molecule has 1 aliphatic heterocycles. The summed E-state index contributed by atoms with van der Waals surface area (Å²) in [5.74, 6) is 0.806. The number of sulfonamides is 1. The smallest absolute Gasteiger partial charge is 0.243 e. The minimum Gasteiger partial charge on any atom is -0.344 e. The average molecular weight is 465 g/mol. The van der Waals surface area contributed by atoms with Crippen molar-refractivity contribution in [2.45, 2.75) is 18.2 Å². The van der Waals surface area contributed by atoms with Gasteiger partial charge in [-0.25, -0.2) is 13.4 Å². The Balaban J connectivity index is 1.25. The molecule has 0 spiro atoms. The van der Waals surface area contributed by atoms with Gasteiger partial charge in [0.15, 0.2) is 0 Å². The lowest BCUT2D eigenvalue weighted by Gasteiger charge is -2.33. The van der Waals surface area contributed by atoms with E-state index in [9.17, 15) is 8.42 Å². The predicted molar refractivity (Wildman–Crippen MR) is 129 cm³/mol. The van der Waals surface area contributed by atoms with Crippen molar-refractivity contribution in [1.29, 1.82) is 0 Å². The molecule has 0 amide bonds. The van der Waals surface area contributed by atoms with E-state index < -0.39 is 10.0 Å². The second kappa shape index (κ2) is 8.61. The molecule has 1 saturated heterocycles. The fraction of sp³-hybridized carbons (Fsp3) is 0.250. The summed E-state index contributed by atoms with van der Waals surface area (Å²) >= 11 is 1.38. The lowest BCUT2D eigenvalue weighted by molar-refractivity contribution is 0.384. The van der Waals surface area contributed by atoms with Gasteiger partial charge in [-0.1, -0.05) is 60.2 Å². The molecule has 0 atom stereocenters. The average Bonchev–Trinajstić information content (AvgIpc) is 3.29. The van der Waals surface area contributed by atoms with Gasteiger partial charge in [-0.3, -0.25) is 0 Å². The maximum atomic E-state index is 13.2. The standard InChI is InChI=1S/C24H24N4O2S2/c1-18-6-8-19(9-7-18)16-23-25-24(31-26-23)27-12-14-28(15-13-27)32(29,30)22-11-10-20-4-2-3-5-21(20)17-22/h2-11,17H,12-16H2,1H3. The Morgan fingerprint density at radius 3 is 2.38 bits per heavy atom. The minimum atomic E-state index is -3.52. The van der Waals surface area contributed by atoms with Crippen LogP contribution >= 0.6 is 11.5 Å². The summed E-state index contributed by atoms with van der Waals surface area (Å²) in [7, 11) is -3.52. The van der Waals surface area contributed by atoms with Gasteiger partial charge in [-0.05, 0) is 35.4 Å². The largest absolute Gasteiger partial charge is 0.344 e. The molecule has 8 heteroatoms. The van der Waals surface area contributed by atoms with E-state index in [1.807, 2.05) is 30.3 Å². The van der Waals surface area contributed by atoms with Gasteiger partial charge in [0.05, 0.1) is 4.90 Å². The van der Waals surface area contributed by atoms with Crippen molar-refractivity contribution < 1.29 is 8.42 Å². The highest BCUT2D eigenvalue weighted by Crippen LogP contribution is 2.25. The first-order valence-electron chi connectivity index (χ1n) is 10.6. The molecule has 0 unspecified atom stereocenters. The van der Waals surface area contributed by atoms with Crippen molar-refractivity contribution in [2.75, 3.05) is 31.1 Å². The third-order valence-corrected chi connectivity index (χ3v) is 8.52. The van der Waals surface area contributed by atoms with Crippen molar-refractivity contribution in [3.05, 3.63) is 83.7 Å². The first kappa shape index (κ1) is 21.1. The lowest BCUT2D eigenvalue weighted by Crippen LogP contribution is -2.48. The summed E-state index contributed by atoms with van der Waals surface area (Å²) in [5, 5.41) is 2.83. The maximum absolute atomic E-state index is 13.2. The first-order valence-corrected chi connectivity index (χ1v) is 12.8. The van der Waals surface area contributed by atoms with Crippen LogP contribution in [0.4, 0.5) is 5.13 Å². The number of benzene rings is 3. The second-order valence-corrected chi connectivity index (χ2v) is 10.7. The Morgan fingerprint density at radius 2 is 1.62 bits per heavy atom. The topological polar surface area (TPSA) is 66.4 Å². The Kier molecular flexibility index (Phi) is 5.67. The third-order valence-electron chi connectivity index (χ3n) is 5.81. The van der Waals surface area contributed by atoms with Crippen molar-refractivity contribution in [3.8, 4) is 0 Å². The molecule has 3 aromatic carbocycles. The van der Waals surface area contributed by atoms with E-state index >= 15 is 0 Å². The highest BCUT2D eigenvalue weighted by Gasteiger charge is 2.29. The van der Waals surface area contributed by atoms with Gasteiger partial charge >= 0.3 is 0 Å². The number of piperazine rings is 1. The van der Waals surface area contributed by atoms with Crippen molar-refractivity contribution in [2.24, 2.45) is 0 Å². The number of rotatable bonds is 5. The molecule has 164 valence electrons. The molecule has 1 aromatic heterocycles. The van der Waals surface area contributed by atoms with E-state index in [0.717, 1.165) is 21.7 Å². The minimum absolute atomic E-state index is 0.348. The summed E-state index contributed by atoms with van der Waals surface area (Å²) in [6.07, 6.45) is 0.701. The SMILES string of the molecule is Cc1ccc(Cc2nsc(N3CCN(S(=O)(=O)c4ccc5ccccc5c4)CC3)n2)cc1. The molecule has 0 saturated carbocycles. The van der Waals surface area contributed by atoms with Gasteiger partial charge in [-0.15, -0.1) is 0 Å². The number of aryl methyl sites for hydroxylation is 1. The van der Waals surface area contributed by atoms with E-state index in [2.05, 4.69) is 40.5 Å². The zero-order valence-electron chi connectivity index (χ0n) is 17.8. The number of aromatic nitrogens is 2. The summed E-state index contributed by atoms with van der Waals surface area (Å²) < 4.78 is 32.5. The van der Waals surface area contributed by atoms with Crippen LogP contribution < -0.4 is 4.90 Å². The molecule has 0 radical (unpaired) electrons. The number of fused-ring (bicyclic) bond motifs is 1. The monoisotopic (exact) mass is 464 g/mol. The van der Waals surface area contributed by atoms with Crippen LogP contribution in [-0.2, 0) is 16.4 Å². The van der Waals surface area contributed by atoms with E-state index in [-0.39, 0.29) is 0 Å². The zero-order chi connectivity index (χ0) is 22.1. The maximum Gasteiger partial charge on any atom is 0.243 e. The molecule has 1 fully saturated rings. The summed E-state index contributed by atoms with van der Waals surface area (Å²) in [6.45, 7) is 4.14. The van der Waals surface area contributed by atoms with Crippen molar-refractivity contribution >= 4 is 37.5 Å². The van der Waals surface area contributed by atoms with Crippen molar-refractivity contribution in [1.82, 2.24) is 13.7 Å². The van der Waals surface area contributed by atoms with Crippen LogP contribution in [0, 0.1) is 6.92 Å². The number of hydrogen-bond donors (Lipinski definition) is 0. The normalized spacial score (nSPS) is 15.3. The van der Waals surface area contributed by atoms with Crippen LogP contribution in [0.15, 0.2) is 71.6 Å². The second-order valence-electron chi connectivity index (χ2n) is 8.06. The number of hydrogen-bond acceptors (Lipinski definition) is 6. The van der Waals surface area contributed by atoms with E-state index in [1.165, 1.54) is 22.7 Å². The molecule has 4 aromatic rings. The van der Waals surface area contributed by atoms with E-state index in [1.54, 1.807) is 16.4 Å². The molecule has 0 bridgehead atoms. The number of nitrogens with zero attached hydrogens (tertiary/aromatic N) is 4. The Bertz CT molecular complexity index is 1340. The van der Waals surface area contributed by atoms with E-state index in [0.29, 0.717) is 37.5 Å². The van der Waals surface area contributed by atoms with Gasteiger partial charge in [0.1, 0.15) is 5.82 Å².